The van der Waals surface area contributed by atoms with Crippen molar-refractivity contribution in [1.82, 2.24) is 14.5 Å². The van der Waals surface area contributed by atoms with Crippen molar-refractivity contribution in [3.63, 3.8) is 0 Å². The standard InChI is InChI=1S/C20H18FN3O3/c1-12(18(25)22-13-10-11-13)23-16-8-4-2-6-14(16)19(26)24(20(23)27)17-9-5-3-7-15(17)21/h2-9,12-13H,10-11H2,1H3,(H,22,25). The Kier molecular flexibility index (Phi) is 4.14. The molecule has 1 heterocycles. The van der Waals surface area contributed by atoms with Gasteiger partial charge >= 0.3 is 5.69 Å². The van der Waals surface area contributed by atoms with Gasteiger partial charge in [-0.05, 0) is 44.0 Å². The number of hydrogen-bond donors (Lipinski definition) is 1. The number of rotatable bonds is 4. The van der Waals surface area contributed by atoms with E-state index in [-0.39, 0.29) is 23.0 Å². The molecule has 1 atom stereocenters. The van der Waals surface area contributed by atoms with Crippen molar-refractivity contribution in [2.75, 3.05) is 0 Å². The summed E-state index contributed by atoms with van der Waals surface area (Å²) in [4.78, 5) is 38.7. The highest BCUT2D eigenvalue weighted by Crippen LogP contribution is 2.21. The highest BCUT2D eigenvalue weighted by atomic mass is 19.1. The minimum Gasteiger partial charge on any atom is -0.352 e. The van der Waals surface area contributed by atoms with E-state index in [9.17, 15) is 18.8 Å². The molecule has 1 unspecified atom stereocenters. The molecule has 0 saturated heterocycles. The molecule has 1 aliphatic carbocycles. The fourth-order valence-electron chi connectivity index (χ4n) is 3.17. The summed E-state index contributed by atoms with van der Waals surface area (Å²) in [7, 11) is 0. The van der Waals surface area contributed by atoms with E-state index in [4.69, 9.17) is 0 Å². The number of nitrogens with zero attached hydrogens (tertiary/aromatic N) is 2. The maximum absolute atomic E-state index is 14.3. The van der Waals surface area contributed by atoms with Crippen molar-refractivity contribution >= 4 is 16.8 Å². The van der Waals surface area contributed by atoms with Crippen molar-refractivity contribution in [2.45, 2.75) is 31.8 Å². The first kappa shape index (κ1) is 17.2. The summed E-state index contributed by atoms with van der Waals surface area (Å²) in [6.07, 6.45) is 1.84. The number of nitrogens with one attached hydrogen (secondary N) is 1. The molecule has 1 fully saturated rings. The molecule has 3 aromatic rings. The fourth-order valence-corrected chi connectivity index (χ4v) is 3.17. The molecule has 0 spiro atoms. The van der Waals surface area contributed by atoms with Gasteiger partial charge in [-0.25, -0.2) is 13.8 Å². The summed E-state index contributed by atoms with van der Waals surface area (Å²) in [5, 5.41) is 3.11. The van der Waals surface area contributed by atoms with Gasteiger partial charge < -0.3 is 5.32 Å². The van der Waals surface area contributed by atoms with Gasteiger partial charge in [0, 0.05) is 6.04 Å². The van der Waals surface area contributed by atoms with E-state index in [0.717, 1.165) is 17.4 Å². The Morgan fingerprint density at radius 1 is 1.11 bits per heavy atom. The second-order valence-electron chi connectivity index (χ2n) is 6.72. The molecule has 6 nitrogen and oxygen atoms in total. The molecular formula is C20H18FN3O3. The molecule has 4 rings (SSSR count). The van der Waals surface area contributed by atoms with E-state index in [0.29, 0.717) is 5.52 Å². The lowest BCUT2D eigenvalue weighted by Crippen LogP contribution is -2.44. The van der Waals surface area contributed by atoms with Gasteiger partial charge in [-0.1, -0.05) is 24.3 Å². The average Bonchev–Trinajstić information content (AvgIpc) is 3.47. The summed E-state index contributed by atoms with van der Waals surface area (Å²) in [6.45, 7) is 1.60. The number of aromatic nitrogens is 2. The Hall–Kier alpha value is -3.22. The van der Waals surface area contributed by atoms with Crippen LogP contribution in [0.3, 0.4) is 0 Å². The van der Waals surface area contributed by atoms with Crippen LogP contribution in [0.1, 0.15) is 25.8 Å². The number of halogens is 1. The number of benzene rings is 2. The summed E-state index contributed by atoms with van der Waals surface area (Å²) in [5.74, 6) is -0.989. The highest BCUT2D eigenvalue weighted by Gasteiger charge is 2.28. The van der Waals surface area contributed by atoms with Crippen LogP contribution in [0.25, 0.3) is 16.6 Å². The molecule has 1 N–H and O–H groups in total. The molecular weight excluding hydrogens is 349 g/mol. The maximum Gasteiger partial charge on any atom is 0.336 e. The van der Waals surface area contributed by atoms with Crippen LogP contribution in [0.4, 0.5) is 4.39 Å². The lowest BCUT2D eigenvalue weighted by Gasteiger charge is -2.19. The van der Waals surface area contributed by atoms with Crippen molar-refractivity contribution in [1.29, 1.82) is 0 Å². The Bertz CT molecular complexity index is 1160. The molecule has 1 aliphatic rings. The third kappa shape index (κ3) is 2.95. The monoisotopic (exact) mass is 367 g/mol. The lowest BCUT2D eigenvalue weighted by molar-refractivity contribution is -0.124. The largest absolute Gasteiger partial charge is 0.352 e. The van der Waals surface area contributed by atoms with Gasteiger partial charge in [-0.2, -0.15) is 0 Å². The van der Waals surface area contributed by atoms with Crippen LogP contribution in [-0.4, -0.2) is 21.1 Å². The van der Waals surface area contributed by atoms with Crippen molar-refractivity contribution in [3.8, 4) is 5.69 Å². The number of fused-ring (bicyclic) bond motifs is 1. The number of para-hydroxylation sites is 2. The highest BCUT2D eigenvalue weighted by molar-refractivity contribution is 5.84. The molecule has 27 heavy (non-hydrogen) atoms. The first-order valence-electron chi connectivity index (χ1n) is 8.80. The van der Waals surface area contributed by atoms with Crippen LogP contribution < -0.4 is 16.6 Å². The molecule has 1 saturated carbocycles. The van der Waals surface area contributed by atoms with Gasteiger partial charge in [0.05, 0.1) is 16.6 Å². The first-order valence-corrected chi connectivity index (χ1v) is 8.80. The van der Waals surface area contributed by atoms with E-state index in [2.05, 4.69) is 5.32 Å². The third-order valence-corrected chi connectivity index (χ3v) is 4.78. The van der Waals surface area contributed by atoms with Crippen molar-refractivity contribution < 1.29 is 9.18 Å². The van der Waals surface area contributed by atoms with Crippen LogP contribution in [0.2, 0.25) is 0 Å². The fraction of sp³-hybridized carbons (Fsp3) is 0.250. The zero-order valence-corrected chi connectivity index (χ0v) is 14.7. The molecule has 7 heteroatoms. The SMILES string of the molecule is CC(C(=O)NC1CC1)n1c(=O)n(-c2ccccc2F)c(=O)c2ccccc21. The Labute approximate surface area is 153 Å². The Morgan fingerprint density at radius 3 is 2.48 bits per heavy atom. The smallest absolute Gasteiger partial charge is 0.336 e. The minimum atomic E-state index is -0.846. The molecule has 0 aliphatic heterocycles. The quantitative estimate of drug-likeness (QED) is 0.768. The number of amides is 1. The molecule has 138 valence electrons. The molecule has 2 aromatic carbocycles. The van der Waals surface area contributed by atoms with E-state index in [1.54, 1.807) is 37.3 Å². The van der Waals surface area contributed by atoms with E-state index in [1.807, 2.05) is 0 Å². The molecule has 0 bridgehead atoms. The van der Waals surface area contributed by atoms with Crippen molar-refractivity contribution in [2.24, 2.45) is 0 Å². The maximum atomic E-state index is 14.3. The van der Waals surface area contributed by atoms with Gasteiger partial charge in [-0.15, -0.1) is 0 Å². The minimum absolute atomic E-state index is 0.137. The zero-order valence-electron chi connectivity index (χ0n) is 14.7. The van der Waals surface area contributed by atoms with Crippen LogP contribution in [-0.2, 0) is 4.79 Å². The second kappa shape index (κ2) is 6.50. The molecule has 0 radical (unpaired) electrons. The van der Waals surface area contributed by atoms with Crippen LogP contribution in [0, 0.1) is 5.82 Å². The number of hydrogen-bond acceptors (Lipinski definition) is 3. The van der Waals surface area contributed by atoms with E-state index < -0.39 is 23.1 Å². The predicted molar refractivity (Wildman–Crippen MR) is 99.6 cm³/mol. The third-order valence-electron chi connectivity index (χ3n) is 4.78. The van der Waals surface area contributed by atoms with Gasteiger partial charge in [0.1, 0.15) is 11.9 Å². The first-order chi connectivity index (χ1) is 13.0. The van der Waals surface area contributed by atoms with Crippen LogP contribution in [0.15, 0.2) is 58.1 Å². The summed E-state index contributed by atoms with van der Waals surface area (Å²) < 4.78 is 16.4. The predicted octanol–water partition coefficient (Wildman–Crippen LogP) is 2.13. The second-order valence-corrected chi connectivity index (χ2v) is 6.72. The lowest BCUT2D eigenvalue weighted by atomic mass is 10.2. The van der Waals surface area contributed by atoms with Crippen LogP contribution >= 0.6 is 0 Å². The Morgan fingerprint density at radius 2 is 1.78 bits per heavy atom. The average molecular weight is 367 g/mol. The summed E-state index contributed by atoms with van der Waals surface area (Å²) in [6, 6.07) is 11.4. The van der Waals surface area contributed by atoms with E-state index in [1.165, 1.54) is 22.8 Å². The topological polar surface area (TPSA) is 73.1 Å². The van der Waals surface area contributed by atoms with Crippen molar-refractivity contribution in [3.05, 3.63) is 75.2 Å². The van der Waals surface area contributed by atoms with Gasteiger partial charge in [0.2, 0.25) is 5.91 Å². The number of carbonyl (C=O) groups is 1. The van der Waals surface area contributed by atoms with Gasteiger partial charge in [0.25, 0.3) is 5.56 Å². The van der Waals surface area contributed by atoms with E-state index >= 15 is 0 Å². The van der Waals surface area contributed by atoms with Gasteiger partial charge in [0.15, 0.2) is 0 Å². The number of carbonyl (C=O) groups excluding carboxylic acids is 1. The zero-order chi connectivity index (χ0) is 19.1. The Balaban J connectivity index is 2.00. The molecule has 1 amide bonds. The van der Waals surface area contributed by atoms with Crippen LogP contribution in [0.5, 0.6) is 0 Å². The summed E-state index contributed by atoms with van der Waals surface area (Å²) in [5.41, 5.74) is -1.16. The van der Waals surface area contributed by atoms with Gasteiger partial charge in [-0.3, -0.25) is 14.2 Å². The molecule has 1 aromatic heterocycles. The normalized spacial score (nSPS) is 14.9. The summed E-state index contributed by atoms with van der Waals surface area (Å²) >= 11 is 0.